The van der Waals surface area contributed by atoms with Crippen LogP contribution in [0.25, 0.3) is 17.1 Å². The quantitative estimate of drug-likeness (QED) is 0.489. The largest absolute Gasteiger partial charge is 0.444 e. The van der Waals surface area contributed by atoms with E-state index in [1.807, 2.05) is 54.6 Å². The second kappa shape index (κ2) is 7.08. The Kier molecular flexibility index (Phi) is 4.49. The molecule has 25 heavy (non-hydrogen) atoms. The molecule has 0 aliphatic rings. The fourth-order valence-corrected chi connectivity index (χ4v) is 3.22. The van der Waals surface area contributed by atoms with Crippen molar-refractivity contribution in [3.05, 3.63) is 71.6 Å². The Morgan fingerprint density at radius 2 is 1.96 bits per heavy atom. The zero-order chi connectivity index (χ0) is 17.1. The van der Waals surface area contributed by atoms with E-state index in [1.165, 1.54) is 11.8 Å². The molecule has 6 nitrogen and oxygen atoms in total. The van der Waals surface area contributed by atoms with Gasteiger partial charge in [-0.1, -0.05) is 47.6 Å². The molecule has 8 heteroatoms. The van der Waals surface area contributed by atoms with Crippen molar-refractivity contribution in [3.8, 4) is 17.1 Å². The van der Waals surface area contributed by atoms with E-state index < -0.39 is 0 Å². The number of tetrazole rings is 1. The fraction of sp³-hybridized carbons (Fsp3) is 0.0588. The molecule has 0 fully saturated rings. The monoisotopic (exact) mass is 369 g/mol. The van der Waals surface area contributed by atoms with E-state index in [0.29, 0.717) is 21.8 Å². The first-order valence-electron chi connectivity index (χ1n) is 7.46. The number of hydrogen-bond donors (Lipinski definition) is 0. The van der Waals surface area contributed by atoms with Gasteiger partial charge < -0.3 is 4.42 Å². The number of rotatable bonds is 5. The van der Waals surface area contributed by atoms with Gasteiger partial charge in [-0.15, -0.1) is 5.10 Å². The standard InChI is InChI=1S/C17H12ClN5OS/c18-13-7-4-8-15(9-13)23-17(20-21-22-23)25-11-14-10-24-16(19-14)12-5-2-1-3-6-12/h1-10H,11H2. The Morgan fingerprint density at radius 3 is 2.80 bits per heavy atom. The number of benzene rings is 2. The van der Waals surface area contributed by atoms with Crippen LogP contribution in [-0.4, -0.2) is 25.2 Å². The fourth-order valence-electron chi connectivity index (χ4n) is 2.26. The number of halogens is 1. The Hall–Kier alpha value is -2.64. The van der Waals surface area contributed by atoms with Crippen molar-refractivity contribution < 1.29 is 4.42 Å². The molecule has 0 saturated heterocycles. The average molecular weight is 370 g/mol. The summed E-state index contributed by atoms with van der Waals surface area (Å²) in [6.07, 6.45) is 1.66. The van der Waals surface area contributed by atoms with E-state index in [1.54, 1.807) is 10.9 Å². The molecule has 0 unspecified atom stereocenters. The van der Waals surface area contributed by atoms with Crippen LogP contribution in [0.1, 0.15) is 5.69 Å². The van der Waals surface area contributed by atoms with Crippen LogP contribution >= 0.6 is 23.4 Å². The van der Waals surface area contributed by atoms with Crippen LogP contribution in [0.2, 0.25) is 5.02 Å². The third kappa shape index (κ3) is 3.57. The smallest absolute Gasteiger partial charge is 0.226 e. The Labute approximate surface area is 152 Å². The first kappa shape index (κ1) is 15.9. The molecule has 0 N–H and O–H groups in total. The van der Waals surface area contributed by atoms with Crippen molar-refractivity contribution in [3.63, 3.8) is 0 Å². The Bertz CT molecular complexity index is 985. The maximum atomic E-state index is 6.04. The molecule has 4 rings (SSSR count). The van der Waals surface area contributed by atoms with E-state index in [9.17, 15) is 0 Å². The first-order valence-corrected chi connectivity index (χ1v) is 8.83. The normalized spacial score (nSPS) is 10.9. The molecule has 124 valence electrons. The molecule has 0 amide bonds. The van der Waals surface area contributed by atoms with Gasteiger partial charge >= 0.3 is 0 Å². The van der Waals surface area contributed by atoms with Gasteiger partial charge in [0.1, 0.15) is 6.26 Å². The molecule has 0 spiro atoms. The number of hydrogen-bond acceptors (Lipinski definition) is 6. The highest BCUT2D eigenvalue weighted by molar-refractivity contribution is 7.98. The maximum Gasteiger partial charge on any atom is 0.226 e. The van der Waals surface area contributed by atoms with Crippen molar-refractivity contribution in [2.45, 2.75) is 10.9 Å². The summed E-state index contributed by atoms with van der Waals surface area (Å²) in [4.78, 5) is 4.51. The molecule has 0 atom stereocenters. The first-order chi connectivity index (χ1) is 12.3. The van der Waals surface area contributed by atoms with Crippen molar-refractivity contribution in [1.82, 2.24) is 25.2 Å². The third-order valence-corrected chi connectivity index (χ3v) is 4.60. The van der Waals surface area contributed by atoms with E-state index >= 15 is 0 Å². The minimum absolute atomic E-state index is 0.595. The van der Waals surface area contributed by atoms with E-state index in [2.05, 4.69) is 20.5 Å². The van der Waals surface area contributed by atoms with Gasteiger partial charge in [-0.3, -0.25) is 0 Å². The van der Waals surface area contributed by atoms with Gasteiger partial charge in [0.25, 0.3) is 0 Å². The van der Waals surface area contributed by atoms with Gasteiger partial charge in [0.15, 0.2) is 0 Å². The molecular weight excluding hydrogens is 358 g/mol. The van der Waals surface area contributed by atoms with Crippen LogP contribution in [0.5, 0.6) is 0 Å². The van der Waals surface area contributed by atoms with Gasteiger partial charge in [0.2, 0.25) is 11.0 Å². The summed E-state index contributed by atoms with van der Waals surface area (Å²) in [5.74, 6) is 1.20. The lowest BCUT2D eigenvalue weighted by molar-refractivity contribution is 0.573. The van der Waals surface area contributed by atoms with Gasteiger partial charge in [-0.05, 0) is 40.8 Å². The predicted octanol–water partition coefficient (Wildman–Crippen LogP) is 4.26. The minimum Gasteiger partial charge on any atom is -0.444 e. The maximum absolute atomic E-state index is 6.04. The summed E-state index contributed by atoms with van der Waals surface area (Å²) in [5, 5.41) is 13.1. The number of oxazole rings is 1. The molecular formula is C17H12ClN5OS. The van der Waals surface area contributed by atoms with Crippen molar-refractivity contribution in [2.24, 2.45) is 0 Å². The number of thioether (sulfide) groups is 1. The highest BCUT2D eigenvalue weighted by atomic mass is 35.5. The number of nitrogens with zero attached hydrogens (tertiary/aromatic N) is 5. The van der Waals surface area contributed by atoms with Crippen molar-refractivity contribution >= 4 is 23.4 Å². The Morgan fingerprint density at radius 1 is 1.08 bits per heavy atom. The van der Waals surface area contributed by atoms with Crippen LogP contribution in [0.4, 0.5) is 0 Å². The summed E-state index contributed by atoms with van der Waals surface area (Å²) in [6.45, 7) is 0. The molecule has 0 saturated carbocycles. The predicted molar refractivity (Wildman–Crippen MR) is 95.7 cm³/mol. The van der Waals surface area contributed by atoms with Crippen molar-refractivity contribution in [2.75, 3.05) is 0 Å². The third-order valence-electron chi connectivity index (χ3n) is 3.42. The van der Waals surface area contributed by atoms with Gasteiger partial charge in [0.05, 0.1) is 11.4 Å². The highest BCUT2D eigenvalue weighted by Gasteiger charge is 2.12. The van der Waals surface area contributed by atoms with E-state index in [4.69, 9.17) is 16.0 Å². The zero-order valence-electron chi connectivity index (χ0n) is 12.9. The second-order valence-corrected chi connectivity index (χ2v) is 6.53. The summed E-state index contributed by atoms with van der Waals surface area (Å²) >= 11 is 7.51. The van der Waals surface area contributed by atoms with Crippen LogP contribution in [0.3, 0.4) is 0 Å². The lowest BCUT2D eigenvalue weighted by Crippen LogP contribution is -1.99. The summed E-state index contributed by atoms with van der Waals surface area (Å²) in [5.41, 5.74) is 2.58. The molecule has 2 aromatic heterocycles. The topological polar surface area (TPSA) is 69.6 Å². The van der Waals surface area contributed by atoms with Gasteiger partial charge in [-0.2, -0.15) is 4.68 Å². The average Bonchev–Trinajstić information content (AvgIpc) is 3.30. The lowest BCUT2D eigenvalue weighted by atomic mass is 10.2. The highest BCUT2D eigenvalue weighted by Crippen LogP contribution is 2.25. The van der Waals surface area contributed by atoms with Crippen LogP contribution < -0.4 is 0 Å². The van der Waals surface area contributed by atoms with E-state index in [-0.39, 0.29) is 0 Å². The molecule has 0 radical (unpaired) electrons. The molecule has 2 aromatic carbocycles. The van der Waals surface area contributed by atoms with Crippen LogP contribution in [0, 0.1) is 0 Å². The lowest BCUT2D eigenvalue weighted by Gasteiger charge is -2.03. The molecule has 4 aromatic rings. The van der Waals surface area contributed by atoms with Gasteiger partial charge in [0, 0.05) is 16.3 Å². The van der Waals surface area contributed by atoms with Gasteiger partial charge in [-0.25, -0.2) is 4.98 Å². The molecule has 2 heterocycles. The second-order valence-electron chi connectivity index (χ2n) is 5.15. The van der Waals surface area contributed by atoms with E-state index in [0.717, 1.165) is 16.9 Å². The summed E-state index contributed by atoms with van der Waals surface area (Å²) < 4.78 is 7.20. The summed E-state index contributed by atoms with van der Waals surface area (Å²) in [7, 11) is 0. The Balaban J connectivity index is 1.50. The zero-order valence-corrected chi connectivity index (χ0v) is 14.5. The van der Waals surface area contributed by atoms with Crippen LogP contribution in [-0.2, 0) is 5.75 Å². The summed E-state index contributed by atoms with van der Waals surface area (Å²) in [6, 6.07) is 17.2. The molecule has 0 aliphatic carbocycles. The van der Waals surface area contributed by atoms with Crippen molar-refractivity contribution in [1.29, 1.82) is 0 Å². The number of aromatic nitrogens is 5. The minimum atomic E-state index is 0.595. The molecule has 0 bridgehead atoms. The SMILES string of the molecule is Clc1cccc(-n2nnnc2SCc2coc(-c3ccccc3)n2)c1. The molecule has 0 aliphatic heterocycles. The van der Waals surface area contributed by atoms with Crippen LogP contribution in [0.15, 0.2) is 70.4 Å².